The first-order valence-corrected chi connectivity index (χ1v) is 27.0. The molecule has 4 aromatic heterocycles. The predicted octanol–water partition coefficient (Wildman–Crippen LogP) is 15.4. The molecule has 0 radical (unpaired) electrons. The molecule has 4 nitrogen and oxygen atoms in total. The molecule has 0 bridgehead atoms. The lowest BCUT2D eigenvalue weighted by Crippen LogP contribution is -2.53. The van der Waals surface area contributed by atoms with Gasteiger partial charge in [0.2, 0.25) is 0 Å². The monoisotopic (exact) mass is 1180 g/mol. The second-order valence-electron chi connectivity index (χ2n) is 16.9. The van der Waals surface area contributed by atoms with Crippen LogP contribution in [0.5, 0.6) is 0 Å². The Hall–Kier alpha value is -2.56. The van der Waals surface area contributed by atoms with Crippen LogP contribution in [-0.2, 0) is 22.4 Å². The fourth-order valence-corrected chi connectivity index (χ4v) is 15.7. The maximum absolute atomic E-state index is 12.9. The van der Waals surface area contributed by atoms with Gasteiger partial charge in [0, 0.05) is 101 Å². The highest BCUT2D eigenvalue weighted by Crippen LogP contribution is 2.62. The van der Waals surface area contributed by atoms with E-state index in [-0.39, 0.29) is 0 Å². The molecule has 12 heteroatoms. The molecular formula is C52H44Br4O4S4. The maximum Gasteiger partial charge on any atom is 0.153 e. The smallest absolute Gasteiger partial charge is 0.153 e. The first-order valence-electron chi connectivity index (χ1n) is 20.5. The zero-order valence-corrected chi connectivity index (χ0v) is 45.8. The van der Waals surface area contributed by atoms with E-state index in [9.17, 15) is 20.4 Å². The standard InChI is InChI=1S/2C26H22Br2O2S2/c2*1-13-9-21(15(3)31-13)25(29)23-11-17(27)5-7-19(23)20-8-6-18(28)12-24(20)26(25,30)22-10-14(2)32-16(22)4/h2*5-12,29-30H,1-4H3/t2*25-,26-/m11/s1. The van der Waals surface area contributed by atoms with Crippen LogP contribution in [-0.4, -0.2) is 20.4 Å². The first-order chi connectivity index (χ1) is 30.1. The van der Waals surface area contributed by atoms with Crippen LogP contribution >= 0.6 is 109 Å². The molecule has 0 amide bonds. The molecule has 4 heterocycles. The van der Waals surface area contributed by atoms with E-state index in [1.165, 1.54) is 0 Å². The zero-order chi connectivity index (χ0) is 46.0. The van der Waals surface area contributed by atoms with Crippen molar-refractivity contribution in [3.05, 3.63) is 198 Å². The molecule has 0 saturated heterocycles. The summed E-state index contributed by atoms with van der Waals surface area (Å²) in [5.41, 5.74) is 2.80. The van der Waals surface area contributed by atoms with Gasteiger partial charge < -0.3 is 20.4 Å². The summed E-state index contributed by atoms with van der Waals surface area (Å²) in [6.45, 7) is 16.2. The second kappa shape index (κ2) is 16.6. The van der Waals surface area contributed by atoms with Gasteiger partial charge >= 0.3 is 0 Å². The molecule has 4 atom stereocenters. The van der Waals surface area contributed by atoms with Crippen molar-refractivity contribution in [2.24, 2.45) is 0 Å². The average Bonchev–Trinajstić information content (AvgIpc) is 3.99. The topological polar surface area (TPSA) is 80.9 Å². The highest BCUT2D eigenvalue weighted by molar-refractivity contribution is 9.11. The lowest BCUT2D eigenvalue weighted by molar-refractivity contribution is -0.114. The van der Waals surface area contributed by atoms with Crippen LogP contribution in [0.2, 0.25) is 0 Å². The van der Waals surface area contributed by atoms with Crippen molar-refractivity contribution < 1.29 is 20.4 Å². The van der Waals surface area contributed by atoms with Crippen molar-refractivity contribution in [3.63, 3.8) is 0 Å². The summed E-state index contributed by atoms with van der Waals surface area (Å²) in [7, 11) is 0. The lowest BCUT2D eigenvalue weighted by Gasteiger charge is -2.49. The molecule has 4 N–H and O–H groups in total. The molecule has 10 rings (SSSR count). The third-order valence-corrected chi connectivity index (χ3v) is 18.7. The predicted molar refractivity (Wildman–Crippen MR) is 282 cm³/mol. The zero-order valence-electron chi connectivity index (χ0n) is 36.2. The molecule has 8 aromatic rings. The van der Waals surface area contributed by atoms with Gasteiger partial charge in [-0.25, -0.2) is 0 Å². The Kier molecular flexibility index (Phi) is 12.1. The summed E-state index contributed by atoms with van der Waals surface area (Å²) in [6.07, 6.45) is 0. The van der Waals surface area contributed by atoms with E-state index >= 15 is 0 Å². The molecule has 0 spiro atoms. The Bertz CT molecular complexity index is 2770. The Morgan fingerprint density at radius 3 is 0.641 bits per heavy atom. The van der Waals surface area contributed by atoms with Crippen LogP contribution < -0.4 is 0 Å². The van der Waals surface area contributed by atoms with Gasteiger partial charge in [0.25, 0.3) is 0 Å². The number of aliphatic hydroxyl groups is 4. The molecule has 328 valence electrons. The van der Waals surface area contributed by atoms with E-state index in [0.717, 1.165) is 101 Å². The van der Waals surface area contributed by atoms with E-state index in [1.807, 2.05) is 152 Å². The van der Waals surface area contributed by atoms with E-state index in [4.69, 9.17) is 0 Å². The fourth-order valence-electron chi connectivity index (χ4n) is 10.3. The summed E-state index contributed by atoms with van der Waals surface area (Å²) in [5, 5.41) is 51.5. The SMILES string of the molecule is Cc1cc([C@@]2(O)c3cc(Br)ccc3-c3ccc(Br)cc3[C@]2(O)c2cc(C)sc2C)c(C)s1.Cc1cc([C@@]2(O)c3cc(Br)ccc3-c3ccc(Br)cc3[C@]2(O)c2cc(C)sc2C)c(C)s1. The number of hydrogen-bond acceptors (Lipinski definition) is 8. The van der Waals surface area contributed by atoms with E-state index < -0.39 is 22.4 Å². The van der Waals surface area contributed by atoms with E-state index in [0.29, 0.717) is 22.3 Å². The van der Waals surface area contributed by atoms with Gasteiger partial charge in [0.15, 0.2) is 22.4 Å². The molecule has 0 unspecified atom stereocenters. The molecular weight excluding hydrogens is 1140 g/mol. The Labute approximate surface area is 423 Å². The van der Waals surface area contributed by atoms with Crippen molar-refractivity contribution in [2.45, 2.75) is 77.8 Å². The van der Waals surface area contributed by atoms with Crippen molar-refractivity contribution >= 4 is 109 Å². The van der Waals surface area contributed by atoms with Crippen LogP contribution in [0.1, 0.15) is 83.5 Å². The van der Waals surface area contributed by atoms with Gasteiger partial charge in [-0.15, -0.1) is 45.3 Å². The Morgan fingerprint density at radius 1 is 0.297 bits per heavy atom. The third kappa shape index (κ3) is 6.91. The van der Waals surface area contributed by atoms with Gasteiger partial charge in [-0.1, -0.05) is 88.0 Å². The quantitative estimate of drug-likeness (QED) is 0.142. The lowest BCUT2D eigenvalue weighted by atomic mass is 9.60. The number of benzene rings is 4. The van der Waals surface area contributed by atoms with E-state index in [2.05, 4.69) is 63.7 Å². The minimum absolute atomic E-state index is 0.702. The van der Waals surface area contributed by atoms with Crippen LogP contribution in [0.15, 0.2) is 115 Å². The van der Waals surface area contributed by atoms with Gasteiger partial charge in [-0.05, 0) is 150 Å². The van der Waals surface area contributed by atoms with Crippen LogP contribution in [0.25, 0.3) is 22.3 Å². The van der Waals surface area contributed by atoms with Crippen molar-refractivity contribution in [1.29, 1.82) is 0 Å². The Morgan fingerprint density at radius 2 is 0.484 bits per heavy atom. The van der Waals surface area contributed by atoms with Gasteiger partial charge in [-0.3, -0.25) is 0 Å². The summed E-state index contributed by atoms with van der Waals surface area (Å²) in [4.78, 5) is 8.39. The molecule has 2 aliphatic carbocycles. The normalized spacial score (nSPS) is 22.0. The fraction of sp³-hybridized carbons (Fsp3) is 0.231. The number of rotatable bonds is 4. The molecule has 2 aliphatic rings. The first kappa shape index (κ1) is 46.5. The number of thiophene rings is 4. The minimum Gasteiger partial charge on any atom is -0.377 e. The number of fused-ring (bicyclic) bond motifs is 6. The highest BCUT2D eigenvalue weighted by Gasteiger charge is 2.61. The van der Waals surface area contributed by atoms with E-state index in [1.54, 1.807) is 45.3 Å². The van der Waals surface area contributed by atoms with Gasteiger partial charge in [-0.2, -0.15) is 0 Å². The summed E-state index contributed by atoms with van der Waals surface area (Å²) >= 11 is 21.0. The minimum atomic E-state index is -1.67. The maximum atomic E-state index is 12.9. The molecule has 0 aliphatic heterocycles. The number of halogens is 4. The molecule has 4 aromatic carbocycles. The average molecular weight is 1180 g/mol. The number of hydrogen-bond donors (Lipinski definition) is 4. The second-order valence-corrected chi connectivity index (χ2v) is 26.4. The highest BCUT2D eigenvalue weighted by atomic mass is 79.9. The molecule has 0 fully saturated rings. The van der Waals surface area contributed by atoms with Crippen molar-refractivity contribution in [3.8, 4) is 22.3 Å². The van der Waals surface area contributed by atoms with Crippen LogP contribution in [0.4, 0.5) is 0 Å². The van der Waals surface area contributed by atoms with Gasteiger partial charge in [0.1, 0.15) is 0 Å². The van der Waals surface area contributed by atoms with Gasteiger partial charge in [0.05, 0.1) is 0 Å². The van der Waals surface area contributed by atoms with Crippen molar-refractivity contribution in [1.82, 2.24) is 0 Å². The Balaban J connectivity index is 0.000000162. The van der Waals surface area contributed by atoms with Crippen LogP contribution in [0, 0.1) is 55.4 Å². The van der Waals surface area contributed by atoms with Crippen LogP contribution in [0.3, 0.4) is 0 Å². The summed E-state index contributed by atoms with van der Waals surface area (Å²) in [6, 6.07) is 31.9. The molecule has 0 saturated carbocycles. The largest absolute Gasteiger partial charge is 0.377 e. The van der Waals surface area contributed by atoms with Crippen molar-refractivity contribution in [2.75, 3.05) is 0 Å². The number of aryl methyl sites for hydroxylation is 8. The third-order valence-electron chi connectivity index (χ3n) is 12.8. The summed E-state index contributed by atoms with van der Waals surface area (Å²) in [5.74, 6) is 0. The molecule has 64 heavy (non-hydrogen) atoms. The summed E-state index contributed by atoms with van der Waals surface area (Å²) < 4.78 is 3.45.